The number of benzene rings is 1. The molecule has 0 amide bonds. The van der Waals surface area contributed by atoms with Crippen LogP contribution in [0.5, 0.6) is 0 Å². The minimum atomic E-state index is 0.467. The van der Waals surface area contributed by atoms with Crippen LogP contribution < -0.4 is 15.5 Å². The predicted molar refractivity (Wildman–Crippen MR) is 113 cm³/mol. The van der Waals surface area contributed by atoms with Gasteiger partial charge in [0.25, 0.3) is 0 Å². The van der Waals surface area contributed by atoms with E-state index >= 15 is 0 Å². The zero-order valence-electron chi connectivity index (χ0n) is 16.5. The molecule has 1 aromatic carbocycles. The highest BCUT2D eigenvalue weighted by atomic mass is 32.1. The van der Waals surface area contributed by atoms with Gasteiger partial charge in [-0.15, -0.1) is 11.3 Å². The lowest BCUT2D eigenvalue weighted by Crippen LogP contribution is -2.38. The first-order valence-electron chi connectivity index (χ1n) is 9.22. The van der Waals surface area contributed by atoms with Gasteiger partial charge >= 0.3 is 0 Å². The number of nitrogens with zero attached hydrogens (tertiary/aromatic N) is 3. The Morgan fingerprint density at radius 3 is 2.50 bits per heavy atom. The Morgan fingerprint density at radius 1 is 1.19 bits per heavy atom. The Kier molecular flexibility index (Phi) is 7.91. The van der Waals surface area contributed by atoms with Crippen molar-refractivity contribution in [3.05, 3.63) is 45.9 Å². The number of anilines is 1. The maximum atomic E-state index is 4.66. The molecular weight excluding hydrogens is 342 g/mol. The number of aromatic nitrogens is 1. The molecule has 0 radical (unpaired) electrons. The lowest BCUT2D eigenvalue weighted by atomic mass is 10.1. The van der Waals surface area contributed by atoms with Gasteiger partial charge < -0.3 is 15.5 Å². The molecule has 0 aliphatic carbocycles. The van der Waals surface area contributed by atoms with Crippen molar-refractivity contribution in [1.29, 1.82) is 0 Å². The lowest BCUT2D eigenvalue weighted by Gasteiger charge is -2.13. The average Bonchev–Trinajstić information content (AvgIpc) is 3.09. The van der Waals surface area contributed by atoms with Crippen molar-refractivity contribution in [2.24, 2.45) is 4.99 Å². The normalized spacial score (nSPS) is 11.7. The zero-order chi connectivity index (χ0) is 18.9. The number of guanidine groups is 1. The largest absolute Gasteiger partial charge is 0.378 e. The third kappa shape index (κ3) is 6.33. The quantitative estimate of drug-likeness (QED) is 0.548. The molecule has 0 saturated heterocycles. The number of aliphatic imine (C=N–C) groups is 1. The fourth-order valence-electron chi connectivity index (χ4n) is 2.44. The molecule has 6 heteroatoms. The van der Waals surface area contributed by atoms with Crippen LogP contribution in [0.15, 0.2) is 34.6 Å². The second-order valence-electron chi connectivity index (χ2n) is 6.75. The van der Waals surface area contributed by atoms with E-state index in [0.717, 1.165) is 36.2 Å². The Balaban J connectivity index is 1.86. The SMILES string of the molecule is CCNC(=NCc1nc(C(C)C)cs1)NCCc1ccc(N(C)C)cc1. The number of hydrogen-bond acceptors (Lipinski definition) is 4. The summed E-state index contributed by atoms with van der Waals surface area (Å²) in [4.78, 5) is 11.4. The first-order chi connectivity index (χ1) is 12.5. The first-order valence-corrected chi connectivity index (χ1v) is 10.1. The van der Waals surface area contributed by atoms with E-state index in [1.807, 2.05) is 0 Å². The van der Waals surface area contributed by atoms with Crippen LogP contribution >= 0.6 is 11.3 Å². The summed E-state index contributed by atoms with van der Waals surface area (Å²) in [5.41, 5.74) is 3.70. The van der Waals surface area contributed by atoms with Crippen molar-refractivity contribution in [2.45, 2.75) is 39.7 Å². The van der Waals surface area contributed by atoms with Crippen molar-refractivity contribution in [3.8, 4) is 0 Å². The molecule has 5 nitrogen and oxygen atoms in total. The van der Waals surface area contributed by atoms with Crippen LogP contribution in [0.3, 0.4) is 0 Å². The van der Waals surface area contributed by atoms with Gasteiger partial charge in [-0.1, -0.05) is 26.0 Å². The van der Waals surface area contributed by atoms with Crippen LogP contribution in [0, 0.1) is 0 Å². The van der Waals surface area contributed by atoms with Crippen molar-refractivity contribution < 1.29 is 0 Å². The molecule has 0 fully saturated rings. The monoisotopic (exact) mass is 373 g/mol. The van der Waals surface area contributed by atoms with E-state index in [-0.39, 0.29) is 0 Å². The van der Waals surface area contributed by atoms with E-state index in [4.69, 9.17) is 0 Å². The molecule has 0 bridgehead atoms. The van der Waals surface area contributed by atoms with Gasteiger partial charge in [-0.25, -0.2) is 9.98 Å². The van der Waals surface area contributed by atoms with Gasteiger partial charge in [0.1, 0.15) is 5.01 Å². The van der Waals surface area contributed by atoms with Crippen LogP contribution in [0.1, 0.15) is 43.0 Å². The summed E-state index contributed by atoms with van der Waals surface area (Å²) in [7, 11) is 4.12. The fourth-order valence-corrected chi connectivity index (χ4v) is 3.32. The Labute approximate surface area is 161 Å². The number of hydrogen-bond donors (Lipinski definition) is 2. The van der Waals surface area contributed by atoms with E-state index in [0.29, 0.717) is 12.5 Å². The summed E-state index contributed by atoms with van der Waals surface area (Å²) in [5, 5.41) is 9.91. The maximum Gasteiger partial charge on any atom is 0.191 e. The first kappa shape index (κ1) is 20.2. The highest BCUT2D eigenvalue weighted by molar-refractivity contribution is 7.09. The Hall–Kier alpha value is -2.08. The molecule has 2 N–H and O–H groups in total. The fraction of sp³-hybridized carbons (Fsp3) is 0.500. The van der Waals surface area contributed by atoms with Gasteiger partial charge in [-0.3, -0.25) is 0 Å². The second-order valence-corrected chi connectivity index (χ2v) is 7.70. The van der Waals surface area contributed by atoms with E-state index in [1.165, 1.54) is 11.3 Å². The molecule has 2 aromatic rings. The summed E-state index contributed by atoms with van der Waals surface area (Å²) in [6.07, 6.45) is 0.965. The molecule has 0 atom stereocenters. The zero-order valence-corrected chi connectivity index (χ0v) is 17.4. The van der Waals surface area contributed by atoms with Crippen LogP contribution in [0.2, 0.25) is 0 Å². The minimum absolute atomic E-state index is 0.467. The van der Waals surface area contributed by atoms with Gasteiger partial charge in [0.05, 0.1) is 12.2 Å². The summed E-state index contributed by atoms with van der Waals surface area (Å²) in [5.74, 6) is 1.31. The Morgan fingerprint density at radius 2 is 1.92 bits per heavy atom. The molecule has 0 aliphatic heterocycles. The van der Waals surface area contributed by atoms with Crippen LogP contribution in [0.4, 0.5) is 5.69 Å². The van der Waals surface area contributed by atoms with Crippen LogP contribution in [-0.2, 0) is 13.0 Å². The van der Waals surface area contributed by atoms with Crippen molar-refractivity contribution in [2.75, 3.05) is 32.1 Å². The molecular formula is C20H31N5S. The van der Waals surface area contributed by atoms with E-state index in [2.05, 4.69) is 90.0 Å². The highest BCUT2D eigenvalue weighted by Crippen LogP contribution is 2.18. The Bertz CT molecular complexity index is 688. The van der Waals surface area contributed by atoms with E-state index in [9.17, 15) is 0 Å². The smallest absolute Gasteiger partial charge is 0.191 e. The standard InChI is InChI=1S/C20H31N5S/c1-6-21-20(23-13-19-24-18(14-26-19)15(2)3)22-12-11-16-7-9-17(10-8-16)25(4)5/h7-10,14-15H,6,11-13H2,1-5H3,(H2,21,22,23). The van der Waals surface area contributed by atoms with Crippen LogP contribution in [-0.4, -0.2) is 38.1 Å². The average molecular weight is 374 g/mol. The molecule has 1 heterocycles. The second kappa shape index (κ2) is 10.2. The molecule has 2 rings (SSSR count). The maximum absolute atomic E-state index is 4.66. The van der Waals surface area contributed by atoms with Gasteiger partial charge in [-0.05, 0) is 37.0 Å². The summed E-state index contributed by atoms with van der Waals surface area (Å²) in [6.45, 7) is 8.72. The molecule has 0 aliphatic rings. The van der Waals surface area contributed by atoms with Crippen molar-refractivity contribution in [1.82, 2.24) is 15.6 Å². The molecule has 142 valence electrons. The third-order valence-electron chi connectivity index (χ3n) is 4.04. The summed E-state index contributed by atoms with van der Waals surface area (Å²) in [6, 6.07) is 8.68. The number of nitrogens with one attached hydrogen (secondary N) is 2. The number of rotatable bonds is 8. The van der Waals surface area contributed by atoms with Gasteiger partial charge in [0.2, 0.25) is 0 Å². The molecule has 0 spiro atoms. The van der Waals surface area contributed by atoms with Crippen molar-refractivity contribution >= 4 is 23.0 Å². The summed E-state index contributed by atoms with van der Waals surface area (Å²) < 4.78 is 0. The van der Waals surface area contributed by atoms with Crippen molar-refractivity contribution in [3.63, 3.8) is 0 Å². The van der Waals surface area contributed by atoms with Gasteiger partial charge in [0, 0.05) is 38.3 Å². The van der Waals surface area contributed by atoms with E-state index in [1.54, 1.807) is 11.3 Å². The van der Waals surface area contributed by atoms with E-state index < -0.39 is 0 Å². The molecule has 0 saturated carbocycles. The molecule has 1 aromatic heterocycles. The lowest BCUT2D eigenvalue weighted by molar-refractivity contribution is 0.793. The molecule has 26 heavy (non-hydrogen) atoms. The summed E-state index contributed by atoms with van der Waals surface area (Å²) >= 11 is 1.68. The van der Waals surface area contributed by atoms with Crippen LogP contribution in [0.25, 0.3) is 0 Å². The minimum Gasteiger partial charge on any atom is -0.378 e. The predicted octanol–water partition coefficient (Wildman–Crippen LogP) is 3.63. The van der Waals surface area contributed by atoms with Gasteiger partial charge in [-0.2, -0.15) is 0 Å². The third-order valence-corrected chi connectivity index (χ3v) is 4.89. The number of thiazole rings is 1. The molecule has 0 unspecified atom stereocenters. The highest BCUT2D eigenvalue weighted by Gasteiger charge is 2.06. The van der Waals surface area contributed by atoms with Gasteiger partial charge in [0.15, 0.2) is 5.96 Å². The topological polar surface area (TPSA) is 52.6 Å².